The maximum Gasteiger partial charge on any atom is 0.430 e. The van der Waals surface area contributed by atoms with Gasteiger partial charge < -0.3 is 20.2 Å². The normalized spacial score (nSPS) is 13.1. The van der Waals surface area contributed by atoms with Crippen LogP contribution in [0.25, 0.3) is 22.9 Å². The molecule has 154 valence electrons. The molecule has 2 aromatic heterocycles. The van der Waals surface area contributed by atoms with Gasteiger partial charge in [-0.2, -0.15) is 13.2 Å². The number of aromatic amines is 1. The molecule has 2 N–H and O–H groups in total. The molecular formula is C21H16F3N3O3. The van der Waals surface area contributed by atoms with Crippen molar-refractivity contribution in [3.8, 4) is 0 Å². The molecule has 1 aromatic carbocycles. The van der Waals surface area contributed by atoms with Gasteiger partial charge in [-0.1, -0.05) is 30.3 Å². The molecule has 2 heterocycles. The highest BCUT2D eigenvalue weighted by atomic mass is 19.4. The van der Waals surface area contributed by atoms with Gasteiger partial charge in [0.2, 0.25) is 11.5 Å². The van der Waals surface area contributed by atoms with Gasteiger partial charge in [-0.25, -0.2) is 4.57 Å². The molecule has 4 rings (SSSR count). The molecular weight excluding hydrogens is 399 g/mol. The van der Waals surface area contributed by atoms with E-state index in [0.717, 1.165) is 22.0 Å². The minimum absolute atomic E-state index is 0.0172. The number of aryl methyl sites for hydroxylation is 1. The van der Waals surface area contributed by atoms with Crippen LogP contribution in [0.1, 0.15) is 21.7 Å². The minimum Gasteiger partial charge on any atom is -0.542 e. The van der Waals surface area contributed by atoms with Gasteiger partial charge in [0, 0.05) is 29.9 Å². The monoisotopic (exact) mass is 415 g/mol. The number of hydrogen-bond donors (Lipinski definition) is 2. The number of pyridine rings is 1. The molecule has 0 spiro atoms. The molecule has 1 aliphatic rings. The fraction of sp³-hybridized carbons (Fsp3) is 0.0952. The summed E-state index contributed by atoms with van der Waals surface area (Å²) in [6.07, 6.45) is 4.33. The summed E-state index contributed by atoms with van der Waals surface area (Å²) in [5, 5.41) is 13.9. The summed E-state index contributed by atoms with van der Waals surface area (Å²) in [5.41, 5.74) is 3.31. The average Bonchev–Trinajstić information content (AvgIpc) is 3.13. The van der Waals surface area contributed by atoms with E-state index in [9.17, 15) is 18.0 Å². The van der Waals surface area contributed by atoms with Crippen LogP contribution in [-0.4, -0.2) is 22.9 Å². The Morgan fingerprint density at radius 2 is 1.87 bits per heavy atom. The lowest BCUT2D eigenvalue weighted by Gasteiger charge is -2.11. The Labute approximate surface area is 169 Å². The van der Waals surface area contributed by atoms with Crippen molar-refractivity contribution in [2.75, 3.05) is 0 Å². The molecule has 3 aromatic rings. The van der Waals surface area contributed by atoms with Crippen LogP contribution in [0.3, 0.4) is 0 Å². The van der Waals surface area contributed by atoms with Crippen LogP contribution in [0.2, 0.25) is 0 Å². The number of rotatable bonds is 3. The van der Waals surface area contributed by atoms with Crippen LogP contribution in [0.4, 0.5) is 13.2 Å². The summed E-state index contributed by atoms with van der Waals surface area (Å²) in [5.74, 6) is -3.02. The lowest BCUT2D eigenvalue weighted by Crippen LogP contribution is -2.37. The topological polar surface area (TPSA) is 88.9 Å². The van der Waals surface area contributed by atoms with Crippen molar-refractivity contribution >= 4 is 34.7 Å². The third-order valence-electron chi connectivity index (χ3n) is 4.32. The highest BCUT2D eigenvalue weighted by Crippen LogP contribution is 2.27. The van der Waals surface area contributed by atoms with Gasteiger partial charge >= 0.3 is 6.18 Å². The summed E-state index contributed by atoms with van der Waals surface area (Å²) >= 11 is 0. The Hall–Kier alpha value is -3.88. The number of benzene rings is 1. The zero-order valence-corrected chi connectivity index (χ0v) is 15.7. The second-order valence-electron chi connectivity index (χ2n) is 6.37. The van der Waals surface area contributed by atoms with E-state index in [0.29, 0.717) is 11.4 Å². The predicted molar refractivity (Wildman–Crippen MR) is 101 cm³/mol. The van der Waals surface area contributed by atoms with Crippen molar-refractivity contribution in [1.29, 1.82) is 0 Å². The van der Waals surface area contributed by atoms with E-state index in [1.54, 1.807) is 6.20 Å². The van der Waals surface area contributed by atoms with Gasteiger partial charge in [-0.05, 0) is 11.6 Å². The first kappa shape index (κ1) is 20.8. The second-order valence-corrected chi connectivity index (χ2v) is 6.37. The molecule has 30 heavy (non-hydrogen) atoms. The van der Waals surface area contributed by atoms with Crippen LogP contribution < -0.4 is 15.0 Å². The Morgan fingerprint density at radius 1 is 1.20 bits per heavy atom. The molecule has 0 fully saturated rings. The first-order valence-electron chi connectivity index (χ1n) is 8.71. The number of aromatic nitrogens is 2. The number of alkyl halides is 3. The Balaban J connectivity index is 0.000000318. The van der Waals surface area contributed by atoms with Crippen LogP contribution in [-0.2, 0) is 11.8 Å². The maximum absolute atomic E-state index is 12.6. The zero-order chi connectivity index (χ0) is 21.9. The molecule has 0 amide bonds. The van der Waals surface area contributed by atoms with Gasteiger partial charge in [0.05, 0.1) is 11.1 Å². The summed E-state index contributed by atoms with van der Waals surface area (Å²) in [4.78, 5) is 24.5. The summed E-state index contributed by atoms with van der Waals surface area (Å²) in [7, 11) is 1.98. The third kappa shape index (κ3) is 4.40. The van der Waals surface area contributed by atoms with Crippen molar-refractivity contribution in [2.24, 2.45) is 7.05 Å². The first-order valence-corrected chi connectivity index (χ1v) is 8.71. The van der Waals surface area contributed by atoms with Crippen LogP contribution in [0.15, 0.2) is 60.7 Å². The quantitative estimate of drug-likeness (QED) is 0.642. The molecule has 6 nitrogen and oxygen atoms in total. The number of ketones is 1. The molecule has 0 radical (unpaired) electrons. The van der Waals surface area contributed by atoms with Crippen LogP contribution in [0, 0.1) is 0 Å². The lowest BCUT2D eigenvalue weighted by molar-refractivity contribution is -0.671. The number of Topliss-reactive ketones (excluding diaryl/α,β-unsaturated/α-hetero) is 1. The van der Waals surface area contributed by atoms with E-state index < -0.39 is 12.1 Å². The average molecular weight is 415 g/mol. The molecule has 0 bridgehead atoms. The number of halogens is 3. The van der Waals surface area contributed by atoms with Gasteiger partial charge in [0.15, 0.2) is 6.20 Å². The number of nitrogens with zero attached hydrogens (tertiary/aromatic N) is 1. The number of H-pyrrole nitrogens is 1. The van der Waals surface area contributed by atoms with Crippen molar-refractivity contribution in [3.05, 3.63) is 77.6 Å². The summed E-state index contributed by atoms with van der Waals surface area (Å²) in [6, 6.07) is 12.0. The number of hydrogen-bond acceptors (Lipinski definition) is 4. The standard InChI is InChI=1S/C19H15N3O.C2HF3O2/c1-22-10-8-14-12-21-18-17(14)16(22)11-15(19(18)23)20-9-7-13-5-3-2-4-6-13;3-2(4,5)1(6)7/h2-12H,1H3,(H,20,21,23);(H,6,7). The van der Waals surface area contributed by atoms with E-state index >= 15 is 0 Å². The molecule has 0 unspecified atom stereocenters. The van der Waals surface area contributed by atoms with Crippen molar-refractivity contribution in [1.82, 2.24) is 10.3 Å². The number of carboxylic acid groups (broad SMARTS) is 1. The maximum atomic E-state index is 12.6. The molecule has 1 aliphatic carbocycles. The molecule has 0 aliphatic heterocycles. The summed E-state index contributed by atoms with van der Waals surface area (Å²) in [6.45, 7) is 0. The number of allylic oxidation sites excluding steroid dienone is 1. The number of nitrogens with one attached hydrogen (secondary N) is 2. The van der Waals surface area contributed by atoms with E-state index in [1.165, 1.54) is 0 Å². The zero-order valence-electron chi connectivity index (χ0n) is 15.7. The predicted octanol–water partition coefficient (Wildman–Crippen LogP) is 2.09. The number of aliphatic carboxylic acids is 1. The second kappa shape index (κ2) is 8.24. The SMILES string of the molecule is C[n+]1ccc2c[nH]c3c2c1C=C(NC=Cc1ccccc1)C3=O.O=C([O-])C(F)(F)F. The Bertz CT molecular complexity index is 1160. The highest BCUT2D eigenvalue weighted by Gasteiger charge is 2.29. The number of carbonyl (C=O) groups excluding carboxylic acids is 2. The van der Waals surface area contributed by atoms with E-state index in [2.05, 4.69) is 10.3 Å². The molecule has 0 atom stereocenters. The van der Waals surface area contributed by atoms with Crippen molar-refractivity contribution in [3.63, 3.8) is 0 Å². The van der Waals surface area contributed by atoms with Crippen LogP contribution >= 0.6 is 0 Å². The van der Waals surface area contributed by atoms with E-state index in [-0.39, 0.29) is 5.78 Å². The van der Waals surface area contributed by atoms with Gasteiger partial charge in [0.25, 0.3) is 0 Å². The van der Waals surface area contributed by atoms with Crippen LogP contribution in [0.5, 0.6) is 0 Å². The fourth-order valence-electron chi connectivity index (χ4n) is 2.88. The lowest BCUT2D eigenvalue weighted by atomic mass is 10.0. The number of carbonyl (C=O) groups is 2. The van der Waals surface area contributed by atoms with Crippen molar-refractivity contribution < 1.29 is 32.4 Å². The van der Waals surface area contributed by atoms with Crippen molar-refractivity contribution in [2.45, 2.75) is 6.18 Å². The fourth-order valence-corrected chi connectivity index (χ4v) is 2.88. The molecule has 0 saturated carbocycles. The van der Waals surface area contributed by atoms with Gasteiger partial charge in [0.1, 0.15) is 18.7 Å². The largest absolute Gasteiger partial charge is 0.542 e. The van der Waals surface area contributed by atoms with E-state index in [1.807, 2.05) is 72.6 Å². The third-order valence-corrected chi connectivity index (χ3v) is 4.32. The summed E-state index contributed by atoms with van der Waals surface area (Å²) < 4.78 is 33.6. The Kier molecular flexibility index (Phi) is 5.72. The molecule has 9 heteroatoms. The first-order chi connectivity index (χ1) is 14.2. The Morgan fingerprint density at radius 3 is 2.50 bits per heavy atom. The molecule has 0 saturated heterocycles. The van der Waals surface area contributed by atoms with Gasteiger partial charge in [-0.3, -0.25) is 4.79 Å². The smallest absolute Gasteiger partial charge is 0.430 e. The highest BCUT2D eigenvalue weighted by molar-refractivity contribution is 6.21. The van der Waals surface area contributed by atoms with Gasteiger partial charge in [-0.15, -0.1) is 0 Å². The number of carboxylic acids is 1. The van der Waals surface area contributed by atoms with E-state index in [4.69, 9.17) is 9.90 Å². The minimum atomic E-state index is -5.19.